The third-order valence-corrected chi connectivity index (χ3v) is 3.01. The van der Waals surface area contributed by atoms with Crippen LogP contribution in [0, 0.1) is 0 Å². The molecule has 4 nitrogen and oxygen atoms in total. The molecule has 0 saturated carbocycles. The number of nitrogens with zero attached hydrogens (tertiary/aromatic N) is 1. The number of carbonyl (C=O) groups is 1. The highest BCUT2D eigenvalue weighted by Crippen LogP contribution is 2.18. The molecule has 0 spiro atoms. The number of rotatable bonds is 5. The van der Waals surface area contributed by atoms with Gasteiger partial charge in [0.1, 0.15) is 5.75 Å². The van der Waals surface area contributed by atoms with Gasteiger partial charge in [-0.15, -0.1) is 0 Å². The predicted octanol–water partition coefficient (Wildman–Crippen LogP) is 2.22. The first-order chi connectivity index (χ1) is 9.72. The molecule has 0 saturated heterocycles. The number of hydrogen-bond donors (Lipinski definition) is 1. The van der Waals surface area contributed by atoms with Crippen LogP contribution in [0.25, 0.3) is 0 Å². The number of aliphatic hydroxyl groups excluding tert-OH is 1. The van der Waals surface area contributed by atoms with Gasteiger partial charge in [-0.1, -0.05) is 36.4 Å². The summed E-state index contributed by atoms with van der Waals surface area (Å²) in [5.41, 5.74) is 1.49. The normalized spacial score (nSPS) is 10.1. The fourth-order valence-electron chi connectivity index (χ4n) is 1.81. The average molecular weight is 271 g/mol. The summed E-state index contributed by atoms with van der Waals surface area (Å²) in [6.45, 7) is -0.179. The molecule has 2 aromatic carbocycles. The summed E-state index contributed by atoms with van der Waals surface area (Å²) in [6.07, 6.45) is 0. The topological polar surface area (TPSA) is 49.8 Å². The van der Waals surface area contributed by atoms with Gasteiger partial charge in [-0.3, -0.25) is 4.79 Å². The Morgan fingerprint density at radius 2 is 1.75 bits per heavy atom. The summed E-state index contributed by atoms with van der Waals surface area (Å²) in [7, 11) is 1.71. The summed E-state index contributed by atoms with van der Waals surface area (Å²) in [5, 5.41) is 9.20. The second-order valence-corrected chi connectivity index (χ2v) is 4.34. The van der Waals surface area contributed by atoms with E-state index in [0.29, 0.717) is 11.3 Å². The number of carbonyl (C=O) groups excluding carboxylic acids is 1. The molecule has 0 heterocycles. The number of hydrogen-bond acceptors (Lipinski definition) is 3. The van der Waals surface area contributed by atoms with Crippen molar-refractivity contribution in [2.45, 2.75) is 6.61 Å². The fourth-order valence-corrected chi connectivity index (χ4v) is 1.81. The molecule has 1 amide bonds. The Morgan fingerprint density at radius 1 is 1.10 bits per heavy atom. The highest BCUT2D eigenvalue weighted by atomic mass is 16.5. The van der Waals surface area contributed by atoms with Crippen molar-refractivity contribution < 1.29 is 14.6 Å². The molecule has 2 aromatic rings. The Kier molecular flexibility index (Phi) is 4.74. The van der Waals surface area contributed by atoms with Gasteiger partial charge in [0.15, 0.2) is 6.61 Å². The van der Waals surface area contributed by atoms with Gasteiger partial charge in [-0.05, 0) is 18.2 Å². The maximum atomic E-state index is 12.1. The summed E-state index contributed by atoms with van der Waals surface area (Å²) < 4.78 is 5.48. The lowest BCUT2D eigenvalue weighted by atomic mass is 10.2. The van der Waals surface area contributed by atoms with Crippen molar-refractivity contribution in [1.29, 1.82) is 0 Å². The minimum absolute atomic E-state index is 0.0671. The number of anilines is 1. The number of benzene rings is 2. The molecule has 4 heteroatoms. The average Bonchev–Trinajstić information content (AvgIpc) is 2.53. The van der Waals surface area contributed by atoms with Gasteiger partial charge in [0.2, 0.25) is 0 Å². The highest BCUT2D eigenvalue weighted by Gasteiger charge is 2.12. The van der Waals surface area contributed by atoms with Gasteiger partial charge in [0.25, 0.3) is 5.91 Å². The van der Waals surface area contributed by atoms with E-state index < -0.39 is 0 Å². The van der Waals surface area contributed by atoms with Crippen molar-refractivity contribution in [1.82, 2.24) is 0 Å². The van der Waals surface area contributed by atoms with Crippen LogP contribution >= 0.6 is 0 Å². The largest absolute Gasteiger partial charge is 0.483 e. The van der Waals surface area contributed by atoms with Crippen LogP contribution in [0.2, 0.25) is 0 Å². The lowest BCUT2D eigenvalue weighted by Crippen LogP contribution is -2.31. The number of likely N-dealkylation sites (N-methyl/N-ethyl adjacent to an activating group) is 1. The third-order valence-electron chi connectivity index (χ3n) is 3.01. The van der Waals surface area contributed by atoms with Crippen LogP contribution in [0.4, 0.5) is 5.69 Å². The lowest BCUT2D eigenvalue weighted by molar-refractivity contribution is -0.120. The van der Waals surface area contributed by atoms with Gasteiger partial charge >= 0.3 is 0 Å². The van der Waals surface area contributed by atoms with Crippen molar-refractivity contribution in [3.05, 3.63) is 60.2 Å². The Hall–Kier alpha value is -2.33. The quantitative estimate of drug-likeness (QED) is 0.907. The monoisotopic (exact) mass is 271 g/mol. The number of aliphatic hydroxyl groups is 1. The molecule has 20 heavy (non-hydrogen) atoms. The molecule has 0 aromatic heterocycles. The van der Waals surface area contributed by atoms with Crippen LogP contribution < -0.4 is 9.64 Å². The van der Waals surface area contributed by atoms with E-state index in [-0.39, 0.29) is 19.1 Å². The molecule has 0 aliphatic heterocycles. The molecule has 0 atom stereocenters. The first-order valence-electron chi connectivity index (χ1n) is 6.35. The first-order valence-corrected chi connectivity index (χ1v) is 6.35. The SMILES string of the molecule is CN(C(=O)COc1ccccc1CO)c1ccccc1. The predicted molar refractivity (Wildman–Crippen MR) is 77.7 cm³/mol. The summed E-state index contributed by atoms with van der Waals surface area (Å²) in [4.78, 5) is 13.6. The number of para-hydroxylation sites is 2. The highest BCUT2D eigenvalue weighted by molar-refractivity contribution is 5.93. The van der Waals surface area contributed by atoms with Crippen molar-refractivity contribution in [2.24, 2.45) is 0 Å². The Balaban J connectivity index is 1.99. The standard InChI is InChI=1S/C16H17NO3/c1-17(14-8-3-2-4-9-14)16(19)12-20-15-10-6-5-7-13(15)11-18/h2-10,18H,11-12H2,1H3. The lowest BCUT2D eigenvalue weighted by Gasteiger charge is -2.18. The molecule has 0 aliphatic rings. The molecule has 0 unspecified atom stereocenters. The van der Waals surface area contributed by atoms with Gasteiger partial charge in [-0.25, -0.2) is 0 Å². The van der Waals surface area contributed by atoms with Crippen LogP contribution in [0.5, 0.6) is 5.75 Å². The van der Waals surface area contributed by atoms with Gasteiger partial charge in [0.05, 0.1) is 6.61 Å². The molecule has 0 bridgehead atoms. The van der Waals surface area contributed by atoms with E-state index >= 15 is 0 Å². The van der Waals surface area contributed by atoms with Crippen molar-refractivity contribution in [3.63, 3.8) is 0 Å². The first kappa shape index (κ1) is 14.1. The van der Waals surface area contributed by atoms with E-state index in [1.165, 1.54) is 0 Å². The minimum Gasteiger partial charge on any atom is -0.483 e. The van der Waals surface area contributed by atoms with Crippen molar-refractivity contribution >= 4 is 11.6 Å². The Bertz CT molecular complexity index is 569. The zero-order valence-corrected chi connectivity index (χ0v) is 11.3. The van der Waals surface area contributed by atoms with E-state index in [1.54, 1.807) is 30.1 Å². The summed E-state index contributed by atoms with van der Waals surface area (Å²) >= 11 is 0. The van der Waals surface area contributed by atoms with Crippen LogP contribution in [0.1, 0.15) is 5.56 Å². The second-order valence-electron chi connectivity index (χ2n) is 4.34. The molecule has 0 aliphatic carbocycles. The zero-order valence-electron chi connectivity index (χ0n) is 11.3. The summed E-state index contributed by atoms with van der Waals surface area (Å²) in [6, 6.07) is 16.5. The molecule has 0 radical (unpaired) electrons. The molecule has 104 valence electrons. The van der Waals surface area contributed by atoms with Gasteiger partial charge in [-0.2, -0.15) is 0 Å². The van der Waals surface area contributed by atoms with Crippen LogP contribution in [0.3, 0.4) is 0 Å². The van der Waals surface area contributed by atoms with Crippen molar-refractivity contribution in [3.8, 4) is 5.75 Å². The fraction of sp³-hybridized carbons (Fsp3) is 0.188. The van der Waals surface area contributed by atoms with E-state index in [0.717, 1.165) is 5.69 Å². The second kappa shape index (κ2) is 6.73. The maximum absolute atomic E-state index is 12.1. The van der Waals surface area contributed by atoms with E-state index in [1.807, 2.05) is 36.4 Å². The number of amides is 1. The Morgan fingerprint density at radius 3 is 2.45 bits per heavy atom. The van der Waals surface area contributed by atoms with Crippen molar-refractivity contribution in [2.75, 3.05) is 18.6 Å². The van der Waals surface area contributed by atoms with Gasteiger partial charge in [0, 0.05) is 18.3 Å². The smallest absolute Gasteiger partial charge is 0.264 e. The van der Waals surface area contributed by atoms with E-state index in [2.05, 4.69) is 0 Å². The number of ether oxygens (including phenoxy) is 1. The van der Waals surface area contributed by atoms with E-state index in [4.69, 9.17) is 4.74 Å². The molecule has 1 N–H and O–H groups in total. The van der Waals surface area contributed by atoms with Crippen LogP contribution in [0.15, 0.2) is 54.6 Å². The molecule has 2 rings (SSSR count). The van der Waals surface area contributed by atoms with Crippen LogP contribution in [-0.4, -0.2) is 24.7 Å². The Labute approximate surface area is 118 Å². The zero-order chi connectivity index (χ0) is 14.4. The molecule has 0 fully saturated rings. The van der Waals surface area contributed by atoms with E-state index in [9.17, 15) is 9.90 Å². The summed E-state index contributed by atoms with van der Waals surface area (Å²) in [5.74, 6) is 0.383. The third kappa shape index (κ3) is 3.36. The minimum atomic E-state index is -0.149. The van der Waals surface area contributed by atoms with Gasteiger partial charge < -0.3 is 14.7 Å². The molecular weight excluding hydrogens is 254 g/mol. The maximum Gasteiger partial charge on any atom is 0.264 e. The molecular formula is C16H17NO3. The van der Waals surface area contributed by atoms with Crippen LogP contribution in [-0.2, 0) is 11.4 Å².